The van der Waals surface area contributed by atoms with Gasteiger partial charge in [-0.15, -0.1) is 0 Å². The highest BCUT2D eigenvalue weighted by molar-refractivity contribution is 8.00. The maximum absolute atomic E-state index is 12.2. The molecular formula is C17H18N4O3S. The van der Waals surface area contributed by atoms with Crippen LogP contribution in [0.1, 0.15) is 17.1 Å². The fourth-order valence-electron chi connectivity index (χ4n) is 2.14. The van der Waals surface area contributed by atoms with Gasteiger partial charge in [0.1, 0.15) is 34.0 Å². The number of nitrogens with one attached hydrogen (secondary N) is 1. The van der Waals surface area contributed by atoms with Gasteiger partial charge in [-0.25, -0.2) is 9.97 Å². The van der Waals surface area contributed by atoms with E-state index in [9.17, 15) is 10.1 Å². The van der Waals surface area contributed by atoms with Crippen molar-refractivity contribution in [2.24, 2.45) is 0 Å². The number of hydrogen-bond acceptors (Lipinski definition) is 7. The summed E-state index contributed by atoms with van der Waals surface area (Å²) in [5.41, 5.74) is 1.55. The SMILES string of the molecule is COc1ccc(NC(=O)CSc2nc(C)nc(C)c2C#N)c(OC)c1. The number of methoxy groups -OCH3 is 2. The first-order chi connectivity index (χ1) is 12.0. The van der Waals surface area contributed by atoms with Crippen molar-refractivity contribution in [2.45, 2.75) is 18.9 Å². The van der Waals surface area contributed by atoms with Crippen LogP contribution in [0.4, 0.5) is 5.69 Å². The van der Waals surface area contributed by atoms with Crippen molar-refractivity contribution in [3.05, 3.63) is 35.3 Å². The van der Waals surface area contributed by atoms with E-state index >= 15 is 0 Å². The number of carbonyl (C=O) groups is 1. The molecule has 0 spiro atoms. The number of benzene rings is 1. The maximum Gasteiger partial charge on any atom is 0.234 e. The highest BCUT2D eigenvalue weighted by Gasteiger charge is 2.14. The molecule has 130 valence electrons. The van der Waals surface area contributed by atoms with E-state index in [2.05, 4.69) is 21.4 Å². The van der Waals surface area contributed by atoms with E-state index < -0.39 is 0 Å². The lowest BCUT2D eigenvalue weighted by atomic mass is 10.2. The second-order valence-corrected chi connectivity index (χ2v) is 6.02. The number of aromatic nitrogens is 2. The average Bonchev–Trinajstić information content (AvgIpc) is 2.59. The quantitative estimate of drug-likeness (QED) is 0.626. The summed E-state index contributed by atoms with van der Waals surface area (Å²) in [6, 6.07) is 7.21. The summed E-state index contributed by atoms with van der Waals surface area (Å²) in [4.78, 5) is 20.6. The minimum atomic E-state index is -0.230. The molecule has 7 nitrogen and oxygen atoms in total. The highest BCUT2D eigenvalue weighted by atomic mass is 32.2. The third kappa shape index (κ3) is 4.61. The molecule has 1 aromatic heterocycles. The number of aryl methyl sites for hydroxylation is 2. The van der Waals surface area contributed by atoms with Crippen LogP contribution in [0.25, 0.3) is 0 Å². The lowest BCUT2D eigenvalue weighted by molar-refractivity contribution is -0.113. The number of carbonyl (C=O) groups excluding carboxylic acids is 1. The number of ether oxygens (including phenoxy) is 2. The number of anilines is 1. The molecule has 0 saturated carbocycles. The van der Waals surface area contributed by atoms with Gasteiger partial charge < -0.3 is 14.8 Å². The molecule has 0 aliphatic heterocycles. The van der Waals surface area contributed by atoms with Crippen LogP contribution in [-0.4, -0.2) is 35.8 Å². The van der Waals surface area contributed by atoms with Gasteiger partial charge in [-0.05, 0) is 26.0 Å². The molecule has 25 heavy (non-hydrogen) atoms. The molecule has 0 aliphatic carbocycles. The minimum Gasteiger partial charge on any atom is -0.497 e. The van der Waals surface area contributed by atoms with Crippen LogP contribution in [0.3, 0.4) is 0 Å². The number of thioether (sulfide) groups is 1. The number of nitriles is 1. The summed E-state index contributed by atoms with van der Waals surface area (Å²) in [7, 11) is 3.08. The molecule has 0 unspecified atom stereocenters. The van der Waals surface area contributed by atoms with Crippen LogP contribution in [0, 0.1) is 25.2 Å². The van der Waals surface area contributed by atoms with Crippen LogP contribution in [0.5, 0.6) is 11.5 Å². The van der Waals surface area contributed by atoms with E-state index in [-0.39, 0.29) is 11.7 Å². The van der Waals surface area contributed by atoms with Crippen LogP contribution >= 0.6 is 11.8 Å². The zero-order chi connectivity index (χ0) is 18.4. The Bertz CT molecular complexity index is 833. The minimum absolute atomic E-state index is 0.111. The molecule has 8 heteroatoms. The Kier molecular flexibility index (Phi) is 6.19. The van der Waals surface area contributed by atoms with Gasteiger partial charge in [0.25, 0.3) is 0 Å². The number of amides is 1. The van der Waals surface area contributed by atoms with Crippen molar-refractivity contribution in [3.63, 3.8) is 0 Å². The van der Waals surface area contributed by atoms with E-state index in [1.807, 2.05) is 0 Å². The second-order valence-electron chi connectivity index (χ2n) is 5.05. The van der Waals surface area contributed by atoms with Crippen LogP contribution in [-0.2, 0) is 4.79 Å². The summed E-state index contributed by atoms with van der Waals surface area (Å²) in [6.45, 7) is 3.50. The topological polar surface area (TPSA) is 97.1 Å². The Balaban J connectivity index is 2.09. The van der Waals surface area contributed by atoms with Crippen molar-refractivity contribution < 1.29 is 14.3 Å². The first-order valence-corrected chi connectivity index (χ1v) is 8.37. The van der Waals surface area contributed by atoms with Crippen molar-refractivity contribution in [2.75, 3.05) is 25.3 Å². The first-order valence-electron chi connectivity index (χ1n) is 7.38. The molecule has 0 aliphatic rings. The van der Waals surface area contributed by atoms with Crippen LogP contribution < -0.4 is 14.8 Å². The van der Waals surface area contributed by atoms with Gasteiger partial charge in [0.2, 0.25) is 5.91 Å². The predicted molar refractivity (Wildman–Crippen MR) is 95.1 cm³/mol. The largest absolute Gasteiger partial charge is 0.497 e. The molecule has 0 fully saturated rings. The van der Waals surface area contributed by atoms with Gasteiger partial charge in [0.05, 0.1) is 31.4 Å². The Hall–Kier alpha value is -2.79. The molecule has 1 N–H and O–H groups in total. The lowest BCUT2D eigenvalue weighted by Crippen LogP contribution is -2.15. The Morgan fingerprint density at radius 3 is 2.68 bits per heavy atom. The highest BCUT2D eigenvalue weighted by Crippen LogP contribution is 2.29. The molecule has 0 saturated heterocycles. The Labute approximate surface area is 150 Å². The normalized spacial score (nSPS) is 10.0. The monoisotopic (exact) mass is 358 g/mol. The number of nitrogens with zero attached hydrogens (tertiary/aromatic N) is 3. The zero-order valence-electron chi connectivity index (χ0n) is 14.4. The molecule has 0 radical (unpaired) electrons. The van der Waals surface area contributed by atoms with Crippen molar-refractivity contribution in [1.29, 1.82) is 5.26 Å². The summed E-state index contributed by atoms with van der Waals surface area (Å²) >= 11 is 1.20. The average molecular weight is 358 g/mol. The van der Waals surface area contributed by atoms with E-state index in [0.717, 1.165) is 0 Å². The molecule has 1 amide bonds. The van der Waals surface area contributed by atoms with E-state index in [0.29, 0.717) is 39.3 Å². The predicted octanol–water partition coefficient (Wildman–Crippen LogP) is 2.71. The standard InChI is InChI=1S/C17H18N4O3S/c1-10-13(8-18)17(20-11(2)19-10)25-9-16(22)21-14-6-5-12(23-3)7-15(14)24-4/h5-7H,9H2,1-4H3,(H,21,22). The summed E-state index contributed by atoms with van der Waals surface area (Å²) in [5.74, 6) is 1.58. The second kappa shape index (κ2) is 8.35. The van der Waals surface area contributed by atoms with Gasteiger partial charge in [-0.3, -0.25) is 4.79 Å². The maximum atomic E-state index is 12.2. The third-order valence-corrected chi connectivity index (χ3v) is 4.28. The van der Waals surface area contributed by atoms with Gasteiger partial charge in [-0.1, -0.05) is 11.8 Å². The zero-order valence-corrected chi connectivity index (χ0v) is 15.2. The molecule has 2 aromatic rings. The lowest BCUT2D eigenvalue weighted by Gasteiger charge is -2.12. The van der Waals surface area contributed by atoms with Crippen molar-refractivity contribution >= 4 is 23.4 Å². The Morgan fingerprint density at radius 1 is 1.28 bits per heavy atom. The summed E-state index contributed by atoms with van der Waals surface area (Å²) in [5, 5.41) is 12.5. The van der Waals surface area contributed by atoms with E-state index in [1.165, 1.54) is 18.9 Å². The van der Waals surface area contributed by atoms with E-state index in [1.54, 1.807) is 39.2 Å². The summed E-state index contributed by atoms with van der Waals surface area (Å²) in [6.07, 6.45) is 0. The molecule has 1 aromatic carbocycles. The van der Waals surface area contributed by atoms with Crippen molar-refractivity contribution in [3.8, 4) is 17.6 Å². The van der Waals surface area contributed by atoms with Crippen LogP contribution in [0.2, 0.25) is 0 Å². The van der Waals surface area contributed by atoms with E-state index in [4.69, 9.17) is 9.47 Å². The molecule has 2 rings (SSSR count). The number of rotatable bonds is 6. The van der Waals surface area contributed by atoms with Gasteiger partial charge in [0.15, 0.2) is 0 Å². The first kappa shape index (κ1) is 18.5. The fourth-order valence-corrected chi connectivity index (χ4v) is 3.01. The molecular weight excluding hydrogens is 340 g/mol. The number of hydrogen-bond donors (Lipinski definition) is 1. The summed E-state index contributed by atoms with van der Waals surface area (Å²) < 4.78 is 10.4. The fraction of sp³-hybridized carbons (Fsp3) is 0.294. The molecule has 1 heterocycles. The van der Waals surface area contributed by atoms with Crippen LogP contribution in [0.15, 0.2) is 23.2 Å². The van der Waals surface area contributed by atoms with Gasteiger partial charge in [0, 0.05) is 6.07 Å². The van der Waals surface area contributed by atoms with Crippen molar-refractivity contribution in [1.82, 2.24) is 9.97 Å². The Morgan fingerprint density at radius 2 is 2.04 bits per heavy atom. The van der Waals surface area contributed by atoms with Gasteiger partial charge in [-0.2, -0.15) is 5.26 Å². The molecule has 0 bridgehead atoms. The smallest absolute Gasteiger partial charge is 0.234 e. The molecule has 0 atom stereocenters. The van der Waals surface area contributed by atoms with Gasteiger partial charge >= 0.3 is 0 Å². The third-order valence-electron chi connectivity index (χ3n) is 3.30.